The number of amides is 2. The molecule has 0 spiro atoms. The average Bonchev–Trinajstić information content (AvgIpc) is 3.01. The van der Waals surface area contributed by atoms with Gasteiger partial charge in [0, 0.05) is 18.9 Å². The first-order valence-electron chi connectivity index (χ1n) is 6.41. The molecule has 104 valence electrons. The summed E-state index contributed by atoms with van der Waals surface area (Å²) in [5, 5.41) is 6.05. The Morgan fingerprint density at radius 3 is 3.05 bits per heavy atom. The maximum Gasteiger partial charge on any atom is 0.263 e. The maximum absolute atomic E-state index is 11.9. The number of fused-ring (bicyclic) bond motifs is 1. The van der Waals surface area contributed by atoms with Gasteiger partial charge in [0.25, 0.3) is 5.91 Å². The fourth-order valence-electron chi connectivity index (χ4n) is 2.09. The van der Waals surface area contributed by atoms with Crippen molar-refractivity contribution in [1.29, 1.82) is 0 Å². The zero-order valence-corrected chi connectivity index (χ0v) is 11.6. The van der Waals surface area contributed by atoms with Crippen molar-refractivity contribution >= 4 is 28.3 Å². The second-order valence-electron chi connectivity index (χ2n) is 4.56. The van der Waals surface area contributed by atoms with E-state index in [0.717, 1.165) is 18.5 Å². The molecule has 0 saturated carbocycles. The van der Waals surface area contributed by atoms with Crippen molar-refractivity contribution in [1.82, 2.24) is 14.9 Å². The monoisotopic (exact) mass is 290 g/mol. The van der Waals surface area contributed by atoms with Crippen molar-refractivity contribution in [3.8, 4) is 0 Å². The minimum absolute atomic E-state index is 0.0964. The van der Waals surface area contributed by atoms with Crippen LogP contribution in [0.3, 0.4) is 0 Å². The largest absolute Gasteiger partial charge is 0.351 e. The van der Waals surface area contributed by atoms with Gasteiger partial charge < -0.3 is 15.2 Å². The Bertz CT molecular complexity index is 633. The lowest BCUT2D eigenvalue weighted by atomic mass is 10.2. The van der Waals surface area contributed by atoms with Crippen molar-refractivity contribution < 1.29 is 9.59 Å². The first-order valence-corrected chi connectivity index (χ1v) is 7.22. The van der Waals surface area contributed by atoms with Gasteiger partial charge in [0.05, 0.1) is 5.69 Å². The van der Waals surface area contributed by atoms with Crippen LogP contribution >= 0.6 is 11.3 Å². The third-order valence-corrected chi connectivity index (χ3v) is 4.03. The molecule has 2 amide bonds. The molecule has 1 aliphatic rings. The minimum atomic E-state index is -0.148. The summed E-state index contributed by atoms with van der Waals surface area (Å²) in [6, 6.07) is 3.73. The Kier molecular flexibility index (Phi) is 3.51. The fraction of sp³-hybridized carbons (Fsp3) is 0.308. The Balaban J connectivity index is 1.70. The number of carbonyl (C=O) groups is 2. The zero-order chi connectivity index (χ0) is 13.9. The van der Waals surface area contributed by atoms with Gasteiger partial charge in [0.2, 0.25) is 5.91 Å². The SMILES string of the molecule is O=C(Cn1cccc1)Nc1nc2c(s1)C(=O)NCCC2. The summed E-state index contributed by atoms with van der Waals surface area (Å²) in [5.74, 6) is -0.244. The second kappa shape index (κ2) is 5.46. The summed E-state index contributed by atoms with van der Waals surface area (Å²) in [7, 11) is 0. The first kappa shape index (κ1) is 12.9. The number of aromatic nitrogens is 2. The van der Waals surface area contributed by atoms with Crippen molar-refractivity contribution in [3.63, 3.8) is 0 Å². The van der Waals surface area contributed by atoms with Crippen molar-refractivity contribution in [3.05, 3.63) is 35.1 Å². The zero-order valence-electron chi connectivity index (χ0n) is 10.8. The van der Waals surface area contributed by atoms with E-state index in [2.05, 4.69) is 15.6 Å². The minimum Gasteiger partial charge on any atom is -0.351 e. The number of carbonyl (C=O) groups excluding carboxylic acids is 2. The lowest BCUT2D eigenvalue weighted by molar-refractivity contribution is -0.116. The predicted octanol–water partition coefficient (Wildman–Crippen LogP) is 1.26. The van der Waals surface area contributed by atoms with Crippen molar-refractivity contribution in [2.75, 3.05) is 11.9 Å². The molecule has 0 radical (unpaired) electrons. The van der Waals surface area contributed by atoms with Gasteiger partial charge in [-0.3, -0.25) is 9.59 Å². The second-order valence-corrected chi connectivity index (χ2v) is 5.56. The number of nitrogens with one attached hydrogen (secondary N) is 2. The van der Waals surface area contributed by atoms with Crippen LogP contribution in [-0.2, 0) is 17.8 Å². The molecule has 0 aromatic carbocycles. The van der Waals surface area contributed by atoms with E-state index in [4.69, 9.17) is 0 Å². The molecule has 0 aliphatic carbocycles. The van der Waals surface area contributed by atoms with E-state index in [0.29, 0.717) is 16.6 Å². The molecule has 0 saturated heterocycles. The summed E-state index contributed by atoms with van der Waals surface area (Å²) in [6.07, 6.45) is 5.28. The van der Waals surface area contributed by atoms with Gasteiger partial charge in [-0.2, -0.15) is 0 Å². The molecule has 1 aliphatic heterocycles. The molecule has 20 heavy (non-hydrogen) atoms. The van der Waals surface area contributed by atoms with E-state index in [9.17, 15) is 9.59 Å². The molecular weight excluding hydrogens is 276 g/mol. The van der Waals surface area contributed by atoms with E-state index in [1.807, 2.05) is 24.5 Å². The van der Waals surface area contributed by atoms with Crippen molar-refractivity contribution in [2.45, 2.75) is 19.4 Å². The quantitative estimate of drug-likeness (QED) is 0.893. The highest BCUT2D eigenvalue weighted by molar-refractivity contribution is 7.17. The Morgan fingerprint density at radius 1 is 1.45 bits per heavy atom. The highest BCUT2D eigenvalue weighted by Crippen LogP contribution is 2.25. The number of thiazole rings is 1. The molecule has 3 rings (SSSR count). The average molecular weight is 290 g/mol. The first-order chi connectivity index (χ1) is 9.72. The third kappa shape index (κ3) is 2.72. The number of hydrogen-bond donors (Lipinski definition) is 2. The van der Waals surface area contributed by atoms with Gasteiger partial charge in [-0.15, -0.1) is 0 Å². The maximum atomic E-state index is 11.9. The summed E-state index contributed by atoms with van der Waals surface area (Å²) in [4.78, 5) is 28.6. The molecule has 0 fully saturated rings. The van der Waals surface area contributed by atoms with Crippen LogP contribution in [0.2, 0.25) is 0 Å². The molecule has 2 aromatic heterocycles. The van der Waals surface area contributed by atoms with Gasteiger partial charge in [-0.05, 0) is 25.0 Å². The predicted molar refractivity (Wildman–Crippen MR) is 75.8 cm³/mol. The molecule has 0 atom stereocenters. The van der Waals surface area contributed by atoms with Gasteiger partial charge in [0.15, 0.2) is 5.13 Å². The van der Waals surface area contributed by atoms with Gasteiger partial charge in [-0.25, -0.2) is 4.98 Å². The van der Waals surface area contributed by atoms with Gasteiger partial charge in [0.1, 0.15) is 11.4 Å². The summed E-state index contributed by atoms with van der Waals surface area (Å²) < 4.78 is 1.78. The van der Waals surface area contributed by atoms with Crippen LogP contribution in [0.25, 0.3) is 0 Å². The molecule has 0 bridgehead atoms. The molecule has 7 heteroatoms. The van der Waals surface area contributed by atoms with Crippen LogP contribution in [0.5, 0.6) is 0 Å². The number of hydrogen-bond acceptors (Lipinski definition) is 4. The number of anilines is 1. The highest BCUT2D eigenvalue weighted by Gasteiger charge is 2.21. The normalized spacial score (nSPS) is 14.3. The topological polar surface area (TPSA) is 76.0 Å². The van der Waals surface area contributed by atoms with E-state index in [1.165, 1.54) is 11.3 Å². The third-order valence-electron chi connectivity index (χ3n) is 3.02. The molecule has 6 nitrogen and oxygen atoms in total. The van der Waals surface area contributed by atoms with Gasteiger partial charge in [-0.1, -0.05) is 11.3 Å². The standard InChI is InChI=1S/C13H14N4O2S/c18-10(8-17-6-1-2-7-17)16-13-15-9-4-3-5-14-12(19)11(9)20-13/h1-2,6-7H,3-5,8H2,(H,14,19)(H,15,16,18). The Hall–Kier alpha value is -2.15. The van der Waals surface area contributed by atoms with Crippen molar-refractivity contribution in [2.24, 2.45) is 0 Å². The van der Waals surface area contributed by atoms with E-state index in [1.54, 1.807) is 4.57 Å². The summed E-state index contributed by atoms with van der Waals surface area (Å²) in [5.41, 5.74) is 0.779. The van der Waals surface area contributed by atoms with Crippen LogP contribution in [0, 0.1) is 0 Å². The van der Waals surface area contributed by atoms with Crippen LogP contribution in [0.15, 0.2) is 24.5 Å². The molecule has 3 heterocycles. The molecular formula is C13H14N4O2S. The van der Waals surface area contributed by atoms with Crippen LogP contribution in [-0.4, -0.2) is 27.9 Å². The van der Waals surface area contributed by atoms with E-state index < -0.39 is 0 Å². The summed E-state index contributed by atoms with van der Waals surface area (Å²) in [6.45, 7) is 0.917. The van der Waals surface area contributed by atoms with E-state index >= 15 is 0 Å². The van der Waals surface area contributed by atoms with Crippen LogP contribution in [0.4, 0.5) is 5.13 Å². The van der Waals surface area contributed by atoms with E-state index in [-0.39, 0.29) is 18.4 Å². The smallest absolute Gasteiger partial charge is 0.263 e. The molecule has 0 unspecified atom stereocenters. The van der Waals surface area contributed by atoms with Crippen LogP contribution in [0.1, 0.15) is 21.8 Å². The number of nitrogens with zero attached hydrogens (tertiary/aromatic N) is 2. The molecule has 2 aromatic rings. The Labute approximate surface area is 119 Å². The highest BCUT2D eigenvalue weighted by atomic mass is 32.1. The van der Waals surface area contributed by atoms with Gasteiger partial charge >= 0.3 is 0 Å². The number of aryl methyl sites for hydroxylation is 1. The lowest BCUT2D eigenvalue weighted by Crippen LogP contribution is -2.21. The summed E-state index contributed by atoms with van der Waals surface area (Å²) >= 11 is 1.23. The Morgan fingerprint density at radius 2 is 2.25 bits per heavy atom. The lowest BCUT2D eigenvalue weighted by Gasteiger charge is -2.02. The fourth-order valence-corrected chi connectivity index (χ4v) is 3.03. The van der Waals surface area contributed by atoms with Crippen LogP contribution < -0.4 is 10.6 Å². The molecule has 2 N–H and O–H groups in total. The number of rotatable bonds is 3.